The van der Waals surface area contributed by atoms with Gasteiger partial charge in [-0.15, -0.1) is 0 Å². The Hall–Kier alpha value is -1.97. The molecule has 0 unspecified atom stereocenters. The predicted molar refractivity (Wildman–Crippen MR) is 143 cm³/mol. The van der Waals surface area contributed by atoms with E-state index in [-0.39, 0.29) is 5.69 Å². The molecule has 5 rings (SSSR count). The highest BCUT2D eigenvalue weighted by Gasteiger charge is 2.22. The van der Waals surface area contributed by atoms with Crippen molar-refractivity contribution in [2.45, 2.75) is 35.0 Å². The van der Waals surface area contributed by atoms with Crippen LogP contribution in [0, 0.1) is 0 Å². The Morgan fingerprint density at radius 3 is 2.49 bits per heavy atom. The van der Waals surface area contributed by atoms with Crippen molar-refractivity contribution >= 4 is 63.7 Å². The van der Waals surface area contributed by atoms with Crippen molar-refractivity contribution in [3.05, 3.63) is 82.2 Å². The molecule has 2 aromatic carbocycles. The Bertz CT molecular complexity index is 1310. The van der Waals surface area contributed by atoms with Crippen molar-refractivity contribution in [3.8, 4) is 0 Å². The maximum Gasteiger partial charge on any atom is 0.280 e. The number of alkyl halides is 2. The van der Waals surface area contributed by atoms with Crippen molar-refractivity contribution in [2.75, 3.05) is 17.8 Å². The predicted octanol–water partition coefficient (Wildman–Crippen LogP) is 8.81. The molecule has 0 radical (unpaired) electrons. The summed E-state index contributed by atoms with van der Waals surface area (Å²) in [5, 5.41) is 2.03. The first-order chi connectivity index (χ1) is 17.0. The molecule has 182 valence electrons. The number of aromatic nitrogens is 2. The molecule has 35 heavy (non-hydrogen) atoms. The van der Waals surface area contributed by atoms with E-state index in [1.54, 1.807) is 24.2 Å². The Kier molecular flexibility index (Phi) is 7.74. The van der Waals surface area contributed by atoms with Crippen LogP contribution < -0.4 is 4.72 Å². The topological polar surface area (TPSA) is 44.0 Å². The molecule has 0 saturated carbocycles. The van der Waals surface area contributed by atoms with Gasteiger partial charge in [0, 0.05) is 40.7 Å². The molecule has 0 amide bonds. The lowest BCUT2D eigenvalue weighted by Gasteiger charge is -2.31. The van der Waals surface area contributed by atoms with Gasteiger partial charge >= 0.3 is 0 Å². The number of pyridine rings is 1. The molecular formula is C25H22Cl2F2N4S2. The number of piperidine rings is 1. The molecule has 0 bridgehead atoms. The van der Waals surface area contributed by atoms with Gasteiger partial charge < -0.3 is 9.71 Å². The first kappa shape index (κ1) is 24.7. The van der Waals surface area contributed by atoms with Crippen molar-refractivity contribution in [3.63, 3.8) is 0 Å². The quantitative estimate of drug-likeness (QED) is 0.225. The number of fused-ring (bicyclic) bond motifs is 1. The SMILES string of the molecule is FC(F)c1cc(C2CCN(Sc3ccc(SNc4ccc(Cl)c5c(Cl)c[nH]c45)cc3)CC2)ccn1. The zero-order valence-electron chi connectivity index (χ0n) is 18.5. The molecule has 10 heteroatoms. The average molecular weight is 552 g/mol. The first-order valence-electron chi connectivity index (χ1n) is 11.1. The molecule has 4 aromatic rings. The monoisotopic (exact) mass is 550 g/mol. The fourth-order valence-corrected chi connectivity index (χ4v) is 6.38. The van der Waals surface area contributed by atoms with Crippen molar-refractivity contribution in [2.24, 2.45) is 0 Å². The van der Waals surface area contributed by atoms with Crippen LogP contribution in [-0.4, -0.2) is 27.4 Å². The van der Waals surface area contributed by atoms with E-state index in [0.29, 0.717) is 16.0 Å². The molecule has 1 fully saturated rings. The Balaban J connectivity index is 1.14. The zero-order valence-corrected chi connectivity index (χ0v) is 21.6. The second kappa shape index (κ2) is 11.0. The van der Waals surface area contributed by atoms with Crippen LogP contribution in [-0.2, 0) is 0 Å². The zero-order chi connectivity index (χ0) is 24.4. The van der Waals surface area contributed by atoms with Gasteiger partial charge in [0.15, 0.2) is 0 Å². The van der Waals surface area contributed by atoms with E-state index in [2.05, 4.69) is 43.3 Å². The summed E-state index contributed by atoms with van der Waals surface area (Å²) in [7, 11) is 0. The third-order valence-corrected chi connectivity index (χ3v) is 8.58. The van der Waals surface area contributed by atoms with Crippen molar-refractivity contribution < 1.29 is 8.78 Å². The van der Waals surface area contributed by atoms with Gasteiger partial charge in [0.1, 0.15) is 5.69 Å². The summed E-state index contributed by atoms with van der Waals surface area (Å²) in [5.41, 5.74) is 2.62. The molecule has 2 aromatic heterocycles. The molecule has 4 nitrogen and oxygen atoms in total. The summed E-state index contributed by atoms with van der Waals surface area (Å²) in [4.78, 5) is 9.20. The van der Waals surface area contributed by atoms with Crippen molar-refractivity contribution in [1.29, 1.82) is 0 Å². The molecule has 1 aliphatic heterocycles. The maximum atomic E-state index is 13.0. The lowest BCUT2D eigenvalue weighted by Crippen LogP contribution is -2.27. The van der Waals surface area contributed by atoms with E-state index in [0.717, 1.165) is 53.0 Å². The fourth-order valence-electron chi connectivity index (χ4n) is 4.20. The number of H-pyrrole nitrogens is 1. The number of nitrogens with one attached hydrogen (secondary N) is 2. The van der Waals surface area contributed by atoms with Crippen LogP contribution in [0.15, 0.2) is 70.7 Å². The minimum atomic E-state index is -2.53. The Morgan fingerprint density at radius 1 is 1.00 bits per heavy atom. The third kappa shape index (κ3) is 5.73. The number of hydrogen-bond donors (Lipinski definition) is 2. The van der Waals surface area contributed by atoms with Gasteiger partial charge in [-0.2, -0.15) is 0 Å². The highest BCUT2D eigenvalue weighted by atomic mass is 35.5. The van der Waals surface area contributed by atoms with E-state index in [1.165, 1.54) is 23.0 Å². The number of benzene rings is 2. The Morgan fingerprint density at radius 2 is 1.74 bits per heavy atom. The van der Waals surface area contributed by atoms with Crippen LogP contribution in [0.3, 0.4) is 0 Å². The minimum Gasteiger partial charge on any atom is -0.358 e. The third-order valence-electron chi connectivity index (χ3n) is 6.03. The maximum absolute atomic E-state index is 13.0. The summed E-state index contributed by atoms with van der Waals surface area (Å²) >= 11 is 15.8. The van der Waals surface area contributed by atoms with Gasteiger partial charge in [-0.05, 0) is 96.7 Å². The fraction of sp³-hybridized carbons (Fsp3) is 0.240. The van der Waals surface area contributed by atoms with E-state index >= 15 is 0 Å². The van der Waals surface area contributed by atoms with Crippen molar-refractivity contribution in [1.82, 2.24) is 14.3 Å². The lowest BCUT2D eigenvalue weighted by molar-refractivity contribution is 0.146. The van der Waals surface area contributed by atoms with E-state index in [1.807, 2.05) is 18.2 Å². The lowest BCUT2D eigenvalue weighted by atomic mass is 9.90. The van der Waals surface area contributed by atoms with Crippen LogP contribution in [0.1, 0.15) is 36.4 Å². The van der Waals surface area contributed by atoms with Gasteiger partial charge in [0.05, 0.1) is 21.2 Å². The molecule has 1 saturated heterocycles. The molecule has 0 aliphatic carbocycles. The van der Waals surface area contributed by atoms with E-state index < -0.39 is 6.43 Å². The summed E-state index contributed by atoms with van der Waals surface area (Å²) in [5.74, 6) is 0.297. The van der Waals surface area contributed by atoms with Crippen LogP contribution in [0.5, 0.6) is 0 Å². The summed E-state index contributed by atoms with van der Waals surface area (Å²) < 4.78 is 31.7. The Labute approximate surface area is 221 Å². The number of rotatable bonds is 7. The van der Waals surface area contributed by atoms with E-state index in [4.69, 9.17) is 23.2 Å². The molecule has 0 atom stereocenters. The molecule has 2 N–H and O–H groups in total. The normalized spacial score (nSPS) is 15.2. The number of halogens is 4. The number of aromatic amines is 1. The second-order valence-corrected chi connectivity index (χ2v) is 11.1. The number of anilines is 1. The van der Waals surface area contributed by atoms with Gasteiger partial charge in [-0.1, -0.05) is 23.2 Å². The van der Waals surface area contributed by atoms with Crippen LogP contribution >= 0.6 is 47.1 Å². The first-order valence-corrected chi connectivity index (χ1v) is 13.5. The summed E-state index contributed by atoms with van der Waals surface area (Å²) in [6.45, 7) is 1.82. The average Bonchev–Trinajstić information content (AvgIpc) is 3.27. The molecular weight excluding hydrogens is 529 g/mol. The summed E-state index contributed by atoms with van der Waals surface area (Å²) in [6, 6.07) is 15.6. The highest BCUT2D eigenvalue weighted by molar-refractivity contribution is 8.00. The van der Waals surface area contributed by atoms with Gasteiger partial charge in [-0.25, -0.2) is 13.1 Å². The highest BCUT2D eigenvalue weighted by Crippen LogP contribution is 2.37. The van der Waals surface area contributed by atoms with Crippen LogP contribution in [0.25, 0.3) is 10.9 Å². The molecule has 0 spiro atoms. The second-order valence-electron chi connectivity index (χ2n) is 8.27. The largest absolute Gasteiger partial charge is 0.358 e. The van der Waals surface area contributed by atoms with Gasteiger partial charge in [0.25, 0.3) is 6.43 Å². The standard InChI is InChI=1S/C25H22Cl2F2N4S2/c26-19-5-6-21(24-23(19)20(27)14-31-24)32-34-17-1-3-18(4-2-17)35-33-11-8-15(9-12-33)16-7-10-30-22(13-16)25(28)29/h1-7,10,13-15,25,31-32H,8-9,11-12H2. The van der Waals surface area contributed by atoms with E-state index in [9.17, 15) is 8.78 Å². The molecule has 3 heterocycles. The van der Waals surface area contributed by atoms with Gasteiger partial charge in [-0.3, -0.25) is 4.98 Å². The van der Waals surface area contributed by atoms with Crippen LogP contribution in [0.4, 0.5) is 14.5 Å². The van der Waals surface area contributed by atoms with Crippen LogP contribution in [0.2, 0.25) is 10.0 Å². The number of hydrogen-bond acceptors (Lipinski definition) is 5. The minimum absolute atomic E-state index is 0.135. The van der Waals surface area contributed by atoms with Gasteiger partial charge in [0.2, 0.25) is 0 Å². The summed E-state index contributed by atoms with van der Waals surface area (Å²) in [6.07, 6.45) is 2.59. The number of nitrogens with zero attached hydrogens (tertiary/aromatic N) is 2. The smallest absolute Gasteiger partial charge is 0.280 e. The molecule has 1 aliphatic rings.